The second-order valence-electron chi connectivity index (χ2n) is 8.81. The first-order valence-electron chi connectivity index (χ1n) is 12.4. The van der Waals surface area contributed by atoms with Crippen LogP contribution in [0.2, 0.25) is 0 Å². The summed E-state index contributed by atoms with van der Waals surface area (Å²) in [5.41, 5.74) is 2.08. The number of hydrogen-bond acceptors (Lipinski definition) is 10. The van der Waals surface area contributed by atoms with Crippen molar-refractivity contribution in [3.05, 3.63) is 86.7 Å². The van der Waals surface area contributed by atoms with Crippen molar-refractivity contribution < 1.29 is 33.5 Å². The molecule has 1 unspecified atom stereocenters. The molecule has 3 rings (SSSR count). The number of rotatable bonds is 12. The number of thioether (sulfide) groups is 1. The molecule has 0 aliphatic carbocycles. The van der Waals surface area contributed by atoms with E-state index in [9.17, 15) is 24.5 Å². The number of allylic oxidation sites excluding steroid dienone is 2. The van der Waals surface area contributed by atoms with Crippen molar-refractivity contribution >= 4 is 41.0 Å². The van der Waals surface area contributed by atoms with Gasteiger partial charge in [-0.15, -0.1) is 0 Å². The molecule has 1 amide bonds. The highest BCUT2D eigenvalue weighted by atomic mass is 32.2. The number of esters is 2. The Labute approximate surface area is 236 Å². The van der Waals surface area contributed by atoms with Gasteiger partial charge in [-0.1, -0.05) is 12.1 Å². The fraction of sp³-hybridized carbons (Fsp3) is 0.321. The lowest BCUT2D eigenvalue weighted by Gasteiger charge is -2.30. The van der Waals surface area contributed by atoms with Gasteiger partial charge in [-0.25, -0.2) is 9.59 Å². The zero-order valence-corrected chi connectivity index (χ0v) is 23.5. The van der Waals surface area contributed by atoms with Gasteiger partial charge in [-0.3, -0.25) is 14.9 Å². The Kier molecular flexibility index (Phi) is 10.7. The molecule has 40 heavy (non-hydrogen) atoms. The lowest BCUT2D eigenvalue weighted by atomic mass is 9.80. The molecule has 0 fully saturated rings. The number of non-ortho nitro benzene ring substituents is 1. The summed E-state index contributed by atoms with van der Waals surface area (Å²) in [6, 6.07) is 12.5. The quantitative estimate of drug-likeness (QED) is 0.164. The largest absolute Gasteiger partial charge is 0.490 e. The van der Waals surface area contributed by atoms with Crippen molar-refractivity contribution in [2.75, 3.05) is 37.1 Å². The van der Waals surface area contributed by atoms with Gasteiger partial charge in [0.1, 0.15) is 25.6 Å². The summed E-state index contributed by atoms with van der Waals surface area (Å²) >= 11 is 1.52. The highest BCUT2D eigenvalue weighted by molar-refractivity contribution is 7.98. The van der Waals surface area contributed by atoms with Crippen LogP contribution in [-0.4, -0.2) is 54.6 Å². The number of carbonyl (C=O) groups excluding carboxylic acids is 3. The fourth-order valence-electron chi connectivity index (χ4n) is 4.19. The molecule has 2 N–H and O–H groups in total. The zero-order valence-electron chi connectivity index (χ0n) is 22.6. The van der Waals surface area contributed by atoms with Crippen LogP contribution in [0.5, 0.6) is 5.75 Å². The second-order valence-corrected chi connectivity index (χ2v) is 9.79. The highest BCUT2D eigenvalue weighted by Crippen LogP contribution is 2.40. The topological polar surface area (TPSA) is 146 Å². The van der Waals surface area contributed by atoms with E-state index in [1.807, 2.05) is 6.26 Å². The molecule has 0 spiro atoms. The first kappa shape index (κ1) is 30.2. The van der Waals surface area contributed by atoms with E-state index in [1.165, 1.54) is 36.9 Å². The standard InChI is InChI=1S/C28H31N3O8S/c1-17-24(27(33)38-13-12-37-23-10-8-21(9-11-23)30-19(3)32)26(20-6-5-7-22(16-20)31(35)36)25(18(2)29-17)28(34)39-14-15-40-4/h5-11,16,26,29H,12-15H2,1-4H3,(H,30,32). The Hall–Kier alpha value is -4.32. The van der Waals surface area contributed by atoms with Crippen molar-refractivity contribution in [3.8, 4) is 5.75 Å². The smallest absolute Gasteiger partial charge is 0.336 e. The molecule has 0 bridgehead atoms. The SMILES string of the molecule is CSCCOC(=O)C1=C(C)NC(C)=C(C(=O)OCCOc2ccc(NC(C)=O)cc2)C1c1cccc([N+](=O)[O-])c1. The van der Waals surface area contributed by atoms with Gasteiger partial charge < -0.3 is 24.8 Å². The molecule has 1 heterocycles. The Bertz CT molecular complexity index is 1340. The maximum Gasteiger partial charge on any atom is 0.336 e. The number of benzene rings is 2. The maximum absolute atomic E-state index is 13.4. The molecule has 0 aromatic heterocycles. The van der Waals surface area contributed by atoms with Gasteiger partial charge in [0.05, 0.1) is 22.0 Å². The maximum atomic E-state index is 13.4. The monoisotopic (exact) mass is 569 g/mol. The lowest BCUT2D eigenvalue weighted by molar-refractivity contribution is -0.384. The minimum atomic E-state index is -0.947. The molecule has 0 radical (unpaired) electrons. The molecule has 1 aliphatic heterocycles. The molecular formula is C28H31N3O8S. The summed E-state index contributed by atoms with van der Waals surface area (Å²) in [6.07, 6.45) is 1.89. The molecular weight excluding hydrogens is 538 g/mol. The van der Waals surface area contributed by atoms with Gasteiger partial charge >= 0.3 is 11.9 Å². The van der Waals surface area contributed by atoms with E-state index in [1.54, 1.807) is 44.2 Å². The number of nitrogens with zero attached hydrogens (tertiary/aromatic N) is 1. The van der Waals surface area contributed by atoms with E-state index in [-0.39, 0.29) is 42.6 Å². The third-order valence-electron chi connectivity index (χ3n) is 5.90. The van der Waals surface area contributed by atoms with Crippen LogP contribution in [0.25, 0.3) is 0 Å². The summed E-state index contributed by atoms with van der Waals surface area (Å²) in [6.45, 7) is 4.89. The van der Waals surface area contributed by atoms with E-state index < -0.39 is 22.8 Å². The summed E-state index contributed by atoms with van der Waals surface area (Å²) in [5.74, 6) is -1.35. The molecule has 212 valence electrons. The average Bonchev–Trinajstić information content (AvgIpc) is 2.91. The van der Waals surface area contributed by atoms with Crippen LogP contribution in [0, 0.1) is 10.1 Å². The first-order valence-corrected chi connectivity index (χ1v) is 13.8. The number of nitro groups is 1. The van der Waals surface area contributed by atoms with Crippen molar-refractivity contribution in [3.63, 3.8) is 0 Å². The van der Waals surface area contributed by atoms with Gasteiger partial charge in [0.15, 0.2) is 0 Å². The molecule has 0 saturated carbocycles. The van der Waals surface area contributed by atoms with E-state index in [4.69, 9.17) is 14.2 Å². The van der Waals surface area contributed by atoms with Crippen LogP contribution in [0.3, 0.4) is 0 Å². The van der Waals surface area contributed by atoms with Crippen LogP contribution < -0.4 is 15.4 Å². The van der Waals surface area contributed by atoms with E-state index >= 15 is 0 Å². The number of ether oxygens (including phenoxy) is 3. The Morgan fingerprint density at radius 2 is 1.60 bits per heavy atom. The minimum absolute atomic E-state index is 0.0465. The van der Waals surface area contributed by atoms with Crippen LogP contribution in [0.1, 0.15) is 32.3 Å². The van der Waals surface area contributed by atoms with E-state index in [2.05, 4.69) is 10.6 Å². The van der Waals surface area contributed by atoms with Crippen molar-refractivity contribution in [1.29, 1.82) is 0 Å². The highest BCUT2D eigenvalue weighted by Gasteiger charge is 2.38. The normalized spacial score (nSPS) is 14.8. The number of nitrogens with one attached hydrogen (secondary N) is 2. The lowest BCUT2D eigenvalue weighted by Crippen LogP contribution is -2.33. The minimum Gasteiger partial charge on any atom is -0.490 e. The van der Waals surface area contributed by atoms with Crippen LogP contribution in [-0.2, 0) is 23.9 Å². The first-order chi connectivity index (χ1) is 19.1. The molecule has 0 saturated heterocycles. The average molecular weight is 570 g/mol. The molecule has 11 nitrogen and oxygen atoms in total. The second kappa shape index (κ2) is 14.2. The third kappa shape index (κ3) is 7.85. The van der Waals surface area contributed by atoms with Crippen molar-refractivity contribution in [1.82, 2.24) is 5.32 Å². The number of nitro benzene ring substituents is 1. The summed E-state index contributed by atoms with van der Waals surface area (Å²) in [5, 5.41) is 17.2. The summed E-state index contributed by atoms with van der Waals surface area (Å²) in [4.78, 5) is 48.7. The molecule has 1 atom stereocenters. The van der Waals surface area contributed by atoms with Gasteiger partial charge in [-0.2, -0.15) is 11.8 Å². The van der Waals surface area contributed by atoms with E-state index in [0.29, 0.717) is 34.1 Å². The number of anilines is 1. The van der Waals surface area contributed by atoms with Crippen molar-refractivity contribution in [2.45, 2.75) is 26.7 Å². The predicted molar refractivity (Wildman–Crippen MR) is 151 cm³/mol. The number of amides is 1. The van der Waals surface area contributed by atoms with E-state index in [0.717, 1.165) is 0 Å². The molecule has 2 aromatic rings. The molecule has 2 aromatic carbocycles. The van der Waals surface area contributed by atoms with Crippen LogP contribution >= 0.6 is 11.8 Å². The Balaban J connectivity index is 1.80. The van der Waals surface area contributed by atoms with Crippen LogP contribution in [0.15, 0.2) is 71.1 Å². The summed E-state index contributed by atoms with van der Waals surface area (Å²) in [7, 11) is 0. The van der Waals surface area contributed by atoms with Gasteiger partial charge in [0, 0.05) is 41.9 Å². The van der Waals surface area contributed by atoms with Gasteiger partial charge in [-0.05, 0) is 49.9 Å². The number of dihydropyridines is 1. The number of carbonyl (C=O) groups is 3. The summed E-state index contributed by atoms with van der Waals surface area (Å²) < 4.78 is 16.6. The fourth-order valence-corrected chi connectivity index (χ4v) is 4.44. The third-order valence-corrected chi connectivity index (χ3v) is 6.47. The predicted octanol–water partition coefficient (Wildman–Crippen LogP) is 4.32. The van der Waals surface area contributed by atoms with Crippen LogP contribution in [0.4, 0.5) is 11.4 Å². The Morgan fingerprint density at radius 3 is 2.17 bits per heavy atom. The molecule has 12 heteroatoms. The van der Waals surface area contributed by atoms with Crippen molar-refractivity contribution in [2.24, 2.45) is 0 Å². The Morgan fingerprint density at radius 1 is 0.975 bits per heavy atom. The molecule has 1 aliphatic rings. The van der Waals surface area contributed by atoms with Gasteiger partial charge in [0.25, 0.3) is 5.69 Å². The zero-order chi connectivity index (χ0) is 29.2. The number of hydrogen-bond donors (Lipinski definition) is 2. The van der Waals surface area contributed by atoms with Gasteiger partial charge in [0.2, 0.25) is 5.91 Å².